The molecule has 0 aromatic heterocycles. The number of ether oxygens (including phenoxy) is 4. The zero-order chi connectivity index (χ0) is 30.8. The Bertz CT molecular complexity index is 1050. The monoisotopic (exact) mass is 588 g/mol. The minimum Gasteiger partial charge on any atom is -0.463 e. The van der Waals surface area contributed by atoms with Crippen LogP contribution in [0, 0.1) is 46.3 Å². The summed E-state index contributed by atoms with van der Waals surface area (Å²) in [5, 5.41) is 0. The van der Waals surface area contributed by atoms with Gasteiger partial charge in [-0.05, 0) is 99.7 Å². The topological polar surface area (TPSA) is 105 Å². The van der Waals surface area contributed by atoms with E-state index in [4.69, 9.17) is 18.9 Å². The Morgan fingerprint density at radius 3 is 2.21 bits per heavy atom. The van der Waals surface area contributed by atoms with Crippen LogP contribution in [-0.2, 0) is 38.1 Å². The third-order valence-corrected chi connectivity index (χ3v) is 11.7. The molecule has 8 nitrogen and oxygen atoms in total. The van der Waals surface area contributed by atoms with Gasteiger partial charge < -0.3 is 18.9 Å². The Balaban J connectivity index is 1.63. The Morgan fingerprint density at radius 2 is 1.57 bits per heavy atom. The van der Waals surface area contributed by atoms with E-state index in [-0.39, 0.29) is 76.7 Å². The molecule has 0 bridgehead atoms. The molecular weight excluding hydrogens is 536 g/mol. The number of carbonyl (C=O) groups is 4. The maximum absolute atomic E-state index is 12.5. The van der Waals surface area contributed by atoms with Gasteiger partial charge in [-0.15, -0.1) is 0 Å². The Morgan fingerprint density at radius 1 is 0.881 bits per heavy atom. The maximum atomic E-state index is 12.5. The SMILES string of the molecule is CCOC(=O)/C=C/CC[C@@H](C)[C@H]1CC[C@H]2[C@@H]3[C@H](OC(C)=O)C[C@@H]4C[C@H](OC(C)=O)CC[C@]4(C)[C@H]3C[C@H](OC(C)=O)[C@]12C. The zero-order valence-corrected chi connectivity index (χ0v) is 26.7. The Kier molecular flexibility index (Phi) is 10.1. The highest BCUT2D eigenvalue weighted by Gasteiger charge is 2.67. The fraction of sp³-hybridized carbons (Fsp3) is 0.824. The second-order valence-corrected chi connectivity index (χ2v) is 14.0. The first-order valence-electron chi connectivity index (χ1n) is 16.2. The van der Waals surface area contributed by atoms with Gasteiger partial charge in [0.05, 0.1) is 6.61 Å². The van der Waals surface area contributed by atoms with E-state index >= 15 is 0 Å². The lowest BCUT2D eigenvalue weighted by molar-refractivity contribution is -0.224. The average Bonchev–Trinajstić information content (AvgIpc) is 3.25. The molecule has 0 radical (unpaired) electrons. The summed E-state index contributed by atoms with van der Waals surface area (Å²) < 4.78 is 23.1. The van der Waals surface area contributed by atoms with Crippen LogP contribution in [0.5, 0.6) is 0 Å². The summed E-state index contributed by atoms with van der Waals surface area (Å²) in [6.45, 7) is 13.6. The lowest BCUT2D eigenvalue weighted by Crippen LogP contribution is -2.63. The minimum absolute atomic E-state index is 0.0146. The largest absolute Gasteiger partial charge is 0.463 e. The van der Waals surface area contributed by atoms with Crippen molar-refractivity contribution in [1.82, 2.24) is 0 Å². The summed E-state index contributed by atoms with van der Waals surface area (Å²) in [6.07, 6.45) is 10.7. The standard InChI is InChI=1S/C34H52O8/c1-8-39-31(38)12-10-9-11-20(2)26-13-14-27-32-28(19-30(34(26,27)7)42-23(5)37)33(6)16-15-25(40-21(3)35)17-24(33)18-29(32)41-22(4)36/h10,12,20,24-30,32H,8-9,11,13-19H2,1-7H3/b12-10+/t20-,24+,25-,26-,27+,28+,29-,30+,32+,33+,34-/m1/s1. The summed E-state index contributed by atoms with van der Waals surface area (Å²) in [5.41, 5.74) is -0.257. The van der Waals surface area contributed by atoms with Gasteiger partial charge in [0.25, 0.3) is 0 Å². The van der Waals surface area contributed by atoms with Crippen LogP contribution in [0.15, 0.2) is 12.2 Å². The van der Waals surface area contributed by atoms with Crippen molar-refractivity contribution in [2.24, 2.45) is 46.3 Å². The quantitative estimate of drug-likeness (QED) is 0.178. The van der Waals surface area contributed by atoms with Gasteiger partial charge in [-0.3, -0.25) is 14.4 Å². The molecule has 0 N–H and O–H groups in total. The van der Waals surface area contributed by atoms with Crippen LogP contribution in [0.4, 0.5) is 0 Å². The van der Waals surface area contributed by atoms with E-state index in [1.165, 1.54) is 26.8 Å². The second kappa shape index (κ2) is 13.1. The van der Waals surface area contributed by atoms with E-state index in [1.807, 2.05) is 6.08 Å². The molecule has 4 saturated carbocycles. The normalized spacial score (nSPS) is 39.8. The summed E-state index contributed by atoms with van der Waals surface area (Å²) in [7, 11) is 0. The molecule has 236 valence electrons. The highest BCUT2D eigenvalue weighted by atomic mass is 16.6. The van der Waals surface area contributed by atoms with Crippen LogP contribution in [0.2, 0.25) is 0 Å². The van der Waals surface area contributed by atoms with Crippen molar-refractivity contribution >= 4 is 23.9 Å². The molecule has 0 heterocycles. The first-order valence-corrected chi connectivity index (χ1v) is 16.2. The summed E-state index contributed by atoms with van der Waals surface area (Å²) in [4.78, 5) is 48.5. The first-order chi connectivity index (χ1) is 19.8. The third-order valence-electron chi connectivity index (χ3n) is 11.7. The van der Waals surface area contributed by atoms with Crippen molar-refractivity contribution in [2.75, 3.05) is 6.61 Å². The van der Waals surface area contributed by atoms with Crippen LogP contribution in [0.3, 0.4) is 0 Å². The van der Waals surface area contributed by atoms with Crippen molar-refractivity contribution in [3.8, 4) is 0 Å². The molecule has 0 aliphatic heterocycles. The number of carbonyl (C=O) groups excluding carboxylic acids is 4. The molecule has 0 aromatic carbocycles. The van der Waals surface area contributed by atoms with Crippen LogP contribution < -0.4 is 0 Å². The Hall–Kier alpha value is -2.38. The molecule has 0 unspecified atom stereocenters. The maximum Gasteiger partial charge on any atom is 0.330 e. The van der Waals surface area contributed by atoms with Crippen molar-refractivity contribution in [3.05, 3.63) is 12.2 Å². The van der Waals surface area contributed by atoms with Crippen molar-refractivity contribution in [3.63, 3.8) is 0 Å². The van der Waals surface area contributed by atoms with Crippen molar-refractivity contribution < 1.29 is 38.1 Å². The molecule has 0 saturated heterocycles. The lowest BCUT2D eigenvalue weighted by Gasteiger charge is -2.64. The number of fused-ring (bicyclic) bond motifs is 5. The highest BCUT2D eigenvalue weighted by molar-refractivity contribution is 5.81. The van der Waals surface area contributed by atoms with E-state index in [0.717, 1.165) is 57.8 Å². The molecule has 4 rings (SSSR count). The van der Waals surface area contributed by atoms with Gasteiger partial charge >= 0.3 is 23.9 Å². The molecule has 4 aliphatic rings. The van der Waals surface area contributed by atoms with Crippen LogP contribution in [0.1, 0.15) is 106 Å². The van der Waals surface area contributed by atoms with Crippen molar-refractivity contribution in [1.29, 1.82) is 0 Å². The van der Waals surface area contributed by atoms with Gasteiger partial charge in [0.15, 0.2) is 0 Å². The number of hydrogen-bond donors (Lipinski definition) is 0. The minimum atomic E-state index is -0.311. The lowest BCUT2D eigenvalue weighted by atomic mass is 9.43. The number of rotatable bonds is 9. The molecule has 42 heavy (non-hydrogen) atoms. The van der Waals surface area contributed by atoms with E-state index < -0.39 is 0 Å². The molecule has 0 spiro atoms. The molecule has 4 aliphatic carbocycles. The highest BCUT2D eigenvalue weighted by Crippen LogP contribution is 2.69. The third kappa shape index (κ3) is 6.42. The average molecular weight is 589 g/mol. The predicted molar refractivity (Wildman–Crippen MR) is 157 cm³/mol. The molecular formula is C34H52O8. The molecule has 4 fully saturated rings. The first kappa shape index (κ1) is 32.5. The molecule has 0 amide bonds. The van der Waals surface area contributed by atoms with E-state index in [1.54, 1.807) is 6.92 Å². The Labute approximate surface area is 251 Å². The summed E-state index contributed by atoms with van der Waals surface area (Å²) >= 11 is 0. The van der Waals surface area contributed by atoms with Crippen molar-refractivity contribution in [2.45, 2.75) is 125 Å². The summed E-state index contributed by atoms with van der Waals surface area (Å²) in [6, 6.07) is 0. The second-order valence-electron chi connectivity index (χ2n) is 14.0. The van der Waals surface area contributed by atoms with Gasteiger partial charge in [-0.2, -0.15) is 0 Å². The van der Waals surface area contributed by atoms with Crippen LogP contribution >= 0.6 is 0 Å². The van der Waals surface area contributed by atoms with Gasteiger partial charge in [-0.25, -0.2) is 4.79 Å². The van der Waals surface area contributed by atoms with Crippen LogP contribution in [-0.4, -0.2) is 48.8 Å². The van der Waals surface area contributed by atoms with Gasteiger partial charge in [0, 0.05) is 38.2 Å². The number of esters is 4. The predicted octanol–water partition coefficient (Wildman–Crippen LogP) is 6.20. The smallest absolute Gasteiger partial charge is 0.330 e. The fourth-order valence-electron chi connectivity index (χ4n) is 10.0. The number of allylic oxidation sites excluding steroid dienone is 1. The molecule has 8 heteroatoms. The van der Waals surface area contributed by atoms with Gasteiger partial charge in [0.2, 0.25) is 0 Å². The summed E-state index contributed by atoms with van der Waals surface area (Å²) in [5.74, 6) is 0.583. The molecule has 0 aromatic rings. The van der Waals surface area contributed by atoms with Gasteiger partial charge in [0.1, 0.15) is 18.3 Å². The van der Waals surface area contributed by atoms with E-state index in [2.05, 4.69) is 20.8 Å². The number of hydrogen-bond acceptors (Lipinski definition) is 8. The van der Waals surface area contributed by atoms with E-state index in [0.29, 0.717) is 18.4 Å². The van der Waals surface area contributed by atoms with E-state index in [9.17, 15) is 19.2 Å². The molecule has 11 atom stereocenters. The fourth-order valence-corrected chi connectivity index (χ4v) is 10.0. The van der Waals surface area contributed by atoms with Gasteiger partial charge in [-0.1, -0.05) is 26.8 Å². The van der Waals surface area contributed by atoms with Crippen LogP contribution in [0.25, 0.3) is 0 Å². The zero-order valence-electron chi connectivity index (χ0n) is 26.7.